The van der Waals surface area contributed by atoms with Gasteiger partial charge < -0.3 is 11.1 Å². The van der Waals surface area contributed by atoms with E-state index in [1.165, 1.54) is 18.2 Å². The number of benzene rings is 1. The van der Waals surface area contributed by atoms with Crippen LogP contribution >= 0.6 is 0 Å². The van der Waals surface area contributed by atoms with Crippen LogP contribution in [0.2, 0.25) is 0 Å². The zero-order valence-electron chi connectivity index (χ0n) is 10.5. The van der Waals surface area contributed by atoms with Crippen LogP contribution in [0.15, 0.2) is 18.2 Å². The fourth-order valence-electron chi connectivity index (χ4n) is 1.42. The maximum absolute atomic E-state index is 11.7. The summed E-state index contributed by atoms with van der Waals surface area (Å²) in [5.74, 6) is 0.171. The number of nitrogens with two attached hydrogens (primary N) is 1. The highest BCUT2D eigenvalue weighted by Gasteiger charge is 2.15. The van der Waals surface area contributed by atoms with Gasteiger partial charge in [-0.15, -0.1) is 0 Å². The molecule has 6 heteroatoms. The normalized spacial score (nSPS) is 10.4. The lowest BCUT2D eigenvalue weighted by molar-refractivity contribution is -0.383. The van der Waals surface area contributed by atoms with Crippen molar-refractivity contribution in [2.45, 2.75) is 20.3 Å². The molecule has 0 bridgehead atoms. The summed E-state index contributed by atoms with van der Waals surface area (Å²) in [4.78, 5) is 21.8. The van der Waals surface area contributed by atoms with E-state index in [-0.39, 0.29) is 22.8 Å². The monoisotopic (exact) mass is 251 g/mol. The molecule has 0 aliphatic carbocycles. The molecule has 98 valence electrons. The van der Waals surface area contributed by atoms with E-state index < -0.39 is 4.92 Å². The van der Waals surface area contributed by atoms with Crippen LogP contribution in [0.3, 0.4) is 0 Å². The Bertz CT molecular complexity index is 458. The highest BCUT2D eigenvalue weighted by Crippen LogP contribution is 2.22. The largest absolute Gasteiger partial charge is 0.393 e. The SMILES string of the molecule is CC(C)CCNC(=O)c1ccc(N)c([N+](=O)[O-])c1. The number of nitro benzene ring substituents is 1. The number of amides is 1. The van der Waals surface area contributed by atoms with E-state index in [1.54, 1.807) is 0 Å². The summed E-state index contributed by atoms with van der Waals surface area (Å²) in [5, 5.41) is 13.4. The fourth-order valence-corrected chi connectivity index (χ4v) is 1.42. The van der Waals surface area contributed by atoms with Crippen LogP contribution in [0, 0.1) is 16.0 Å². The highest BCUT2D eigenvalue weighted by molar-refractivity contribution is 5.95. The predicted octanol–water partition coefficient (Wildman–Crippen LogP) is 1.95. The summed E-state index contributed by atoms with van der Waals surface area (Å²) < 4.78 is 0. The number of anilines is 1. The minimum Gasteiger partial charge on any atom is -0.393 e. The van der Waals surface area contributed by atoms with Gasteiger partial charge in [-0.1, -0.05) is 13.8 Å². The summed E-state index contributed by atoms with van der Waals surface area (Å²) >= 11 is 0. The van der Waals surface area contributed by atoms with Gasteiger partial charge in [0, 0.05) is 18.2 Å². The van der Waals surface area contributed by atoms with E-state index >= 15 is 0 Å². The number of carbonyl (C=O) groups excluding carboxylic acids is 1. The molecule has 1 aromatic rings. The Morgan fingerprint density at radius 3 is 2.72 bits per heavy atom. The van der Waals surface area contributed by atoms with Crippen molar-refractivity contribution in [1.29, 1.82) is 0 Å². The Kier molecular flexibility index (Phi) is 4.65. The molecule has 0 aromatic heterocycles. The number of carbonyl (C=O) groups is 1. The van der Waals surface area contributed by atoms with E-state index in [0.29, 0.717) is 12.5 Å². The summed E-state index contributed by atoms with van der Waals surface area (Å²) in [7, 11) is 0. The quantitative estimate of drug-likeness (QED) is 0.474. The van der Waals surface area contributed by atoms with Crippen molar-refractivity contribution in [3.05, 3.63) is 33.9 Å². The van der Waals surface area contributed by atoms with Crippen LogP contribution in [0.1, 0.15) is 30.6 Å². The molecule has 0 spiro atoms. The Balaban J connectivity index is 2.74. The zero-order chi connectivity index (χ0) is 13.7. The van der Waals surface area contributed by atoms with Crippen molar-refractivity contribution in [2.75, 3.05) is 12.3 Å². The van der Waals surface area contributed by atoms with Crippen LogP contribution in [-0.2, 0) is 0 Å². The fraction of sp³-hybridized carbons (Fsp3) is 0.417. The second kappa shape index (κ2) is 6.00. The summed E-state index contributed by atoms with van der Waals surface area (Å²) in [6.07, 6.45) is 0.864. The average Bonchev–Trinajstić information content (AvgIpc) is 2.28. The van der Waals surface area contributed by atoms with Crippen LogP contribution in [0.5, 0.6) is 0 Å². The van der Waals surface area contributed by atoms with Crippen molar-refractivity contribution >= 4 is 17.3 Å². The molecule has 1 rings (SSSR count). The van der Waals surface area contributed by atoms with Gasteiger partial charge >= 0.3 is 0 Å². The first-order valence-corrected chi connectivity index (χ1v) is 5.74. The van der Waals surface area contributed by atoms with E-state index in [0.717, 1.165) is 6.42 Å². The van der Waals surface area contributed by atoms with E-state index in [9.17, 15) is 14.9 Å². The second-order valence-corrected chi connectivity index (χ2v) is 4.47. The van der Waals surface area contributed by atoms with Gasteiger partial charge in [0.25, 0.3) is 11.6 Å². The average molecular weight is 251 g/mol. The van der Waals surface area contributed by atoms with Gasteiger partial charge in [-0.05, 0) is 24.5 Å². The number of hydrogen-bond donors (Lipinski definition) is 2. The molecule has 0 aliphatic heterocycles. The smallest absolute Gasteiger partial charge is 0.292 e. The van der Waals surface area contributed by atoms with Gasteiger partial charge in [-0.25, -0.2) is 0 Å². The number of nitrogens with one attached hydrogen (secondary N) is 1. The van der Waals surface area contributed by atoms with Crippen molar-refractivity contribution in [1.82, 2.24) is 5.32 Å². The Morgan fingerprint density at radius 2 is 2.17 bits per heavy atom. The predicted molar refractivity (Wildman–Crippen MR) is 69.3 cm³/mol. The molecule has 0 fully saturated rings. The molecule has 0 saturated carbocycles. The van der Waals surface area contributed by atoms with E-state index in [4.69, 9.17) is 5.73 Å². The first-order chi connectivity index (χ1) is 8.41. The number of rotatable bonds is 5. The first kappa shape index (κ1) is 14.0. The zero-order valence-corrected chi connectivity index (χ0v) is 10.5. The van der Waals surface area contributed by atoms with Gasteiger partial charge in [-0.2, -0.15) is 0 Å². The number of nitro groups is 1. The Hall–Kier alpha value is -2.11. The first-order valence-electron chi connectivity index (χ1n) is 5.74. The third-order valence-corrected chi connectivity index (χ3v) is 2.50. The maximum Gasteiger partial charge on any atom is 0.292 e. The van der Waals surface area contributed by atoms with Gasteiger partial charge in [0.15, 0.2) is 0 Å². The molecular formula is C12H17N3O3. The van der Waals surface area contributed by atoms with Crippen LogP contribution in [-0.4, -0.2) is 17.4 Å². The molecule has 6 nitrogen and oxygen atoms in total. The lowest BCUT2D eigenvalue weighted by atomic mass is 10.1. The maximum atomic E-state index is 11.7. The molecule has 0 unspecified atom stereocenters. The minimum absolute atomic E-state index is 0.0544. The van der Waals surface area contributed by atoms with Crippen molar-refractivity contribution in [3.8, 4) is 0 Å². The van der Waals surface area contributed by atoms with E-state index in [2.05, 4.69) is 19.2 Å². The third-order valence-electron chi connectivity index (χ3n) is 2.50. The summed E-state index contributed by atoms with van der Waals surface area (Å²) in [5.41, 5.74) is 5.52. The highest BCUT2D eigenvalue weighted by atomic mass is 16.6. The van der Waals surface area contributed by atoms with Crippen LogP contribution in [0.4, 0.5) is 11.4 Å². The summed E-state index contributed by atoms with van der Waals surface area (Å²) in [6, 6.07) is 4.04. The number of hydrogen-bond acceptors (Lipinski definition) is 4. The van der Waals surface area contributed by atoms with Crippen molar-refractivity contribution < 1.29 is 9.72 Å². The standard InChI is InChI=1S/C12H17N3O3/c1-8(2)5-6-14-12(16)9-3-4-10(13)11(7-9)15(17)18/h3-4,7-8H,5-6,13H2,1-2H3,(H,14,16). The van der Waals surface area contributed by atoms with Crippen LogP contribution in [0.25, 0.3) is 0 Å². The topological polar surface area (TPSA) is 98.3 Å². The van der Waals surface area contributed by atoms with Crippen molar-refractivity contribution in [2.24, 2.45) is 5.92 Å². The molecule has 0 radical (unpaired) electrons. The van der Waals surface area contributed by atoms with E-state index in [1.807, 2.05) is 0 Å². The summed E-state index contributed by atoms with van der Waals surface area (Å²) in [6.45, 7) is 4.66. The molecule has 1 aromatic carbocycles. The molecule has 18 heavy (non-hydrogen) atoms. The Labute approximate surface area is 105 Å². The third kappa shape index (κ3) is 3.73. The molecule has 0 heterocycles. The van der Waals surface area contributed by atoms with Gasteiger partial charge in [-0.3, -0.25) is 14.9 Å². The molecule has 3 N–H and O–H groups in total. The molecule has 0 saturated heterocycles. The van der Waals surface area contributed by atoms with Gasteiger partial charge in [0.05, 0.1) is 4.92 Å². The lowest BCUT2D eigenvalue weighted by Gasteiger charge is -2.07. The molecule has 0 aliphatic rings. The molecule has 0 atom stereocenters. The molecule has 1 amide bonds. The van der Waals surface area contributed by atoms with Gasteiger partial charge in [0.1, 0.15) is 5.69 Å². The van der Waals surface area contributed by atoms with Crippen LogP contribution < -0.4 is 11.1 Å². The Morgan fingerprint density at radius 1 is 1.50 bits per heavy atom. The second-order valence-electron chi connectivity index (χ2n) is 4.47. The number of nitrogen functional groups attached to an aromatic ring is 1. The molecular weight excluding hydrogens is 234 g/mol. The number of nitrogens with zero attached hydrogens (tertiary/aromatic N) is 1. The minimum atomic E-state index is -0.597. The van der Waals surface area contributed by atoms with Gasteiger partial charge in [0.2, 0.25) is 0 Å². The van der Waals surface area contributed by atoms with Crippen molar-refractivity contribution in [3.63, 3.8) is 0 Å². The lowest BCUT2D eigenvalue weighted by Crippen LogP contribution is -2.25.